The van der Waals surface area contributed by atoms with Crippen molar-refractivity contribution in [2.45, 2.75) is 59.0 Å². The van der Waals surface area contributed by atoms with E-state index in [9.17, 15) is 9.90 Å². The fourth-order valence-electron chi connectivity index (χ4n) is 2.93. The zero-order chi connectivity index (χ0) is 16.8. The Morgan fingerprint density at radius 1 is 1.36 bits per heavy atom. The molecule has 0 aromatic rings. The Balaban J connectivity index is 2.32. The van der Waals surface area contributed by atoms with Crippen molar-refractivity contribution < 1.29 is 9.90 Å². The molecule has 0 aliphatic carbocycles. The van der Waals surface area contributed by atoms with Crippen LogP contribution in [0.2, 0.25) is 0 Å². The maximum absolute atomic E-state index is 12.1. The van der Waals surface area contributed by atoms with Gasteiger partial charge in [-0.2, -0.15) is 0 Å². The molecular weight excluding hydrogens is 278 g/mol. The molecule has 1 saturated heterocycles. The lowest BCUT2D eigenvalue weighted by Crippen LogP contribution is -2.51. The summed E-state index contributed by atoms with van der Waals surface area (Å²) in [5.74, 6) is 0. The number of rotatable bonds is 6. The summed E-state index contributed by atoms with van der Waals surface area (Å²) in [6.07, 6.45) is 2.68. The van der Waals surface area contributed by atoms with E-state index >= 15 is 0 Å². The Bertz CT molecular complexity index is 369. The van der Waals surface area contributed by atoms with Crippen LogP contribution < -0.4 is 10.6 Å². The number of aliphatic hydroxyl groups excluding tert-OH is 1. The first-order valence-electron chi connectivity index (χ1n) is 8.24. The molecule has 0 spiro atoms. The van der Waals surface area contributed by atoms with Gasteiger partial charge in [-0.15, -0.1) is 0 Å². The van der Waals surface area contributed by atoms with Gasteiger partial charge in [-0.3, -0.25) is 4.90 Å². The molecule has 2 amide bonds. The van der Waals surface area contributed by atoms with Gasteiger partial charge in [0.1, 0.15) is 0 Å². The van der Waals surface area contributed by atoms with Crippen LogP contribution in [0.25, 0.3) is 0 Å². The van der Waals surface area contributed by atoms with Crippen molar-refractivity contribution in [2.24, 2.45) is 5.41 Å². The molecule has 1 atom stereocenters. The third-order valence-electron chi connectivity index (χ3n) is 3.83. The molecule has 0 bridgehead atoms. The second kappa shape index (κ2) is 8.53. The van der Waals surface area contributed by atoms with Crippen molar-refractivity contribution in [3.8, 4) is 0 Å². The molecule has 128 valence electrons. The number of urea groups is 1. The third kappa shape index (κ3) is 7.80. The molecule has 0 aromatic carbocycles. The second-order valence-corrected chi connectivity index (χ2v) is 7.77. The molecule has 1 unspecified atom stereocenters. The highest BCUT2D eigenvalue weighted by molar-refractivity contribution is 5.74. The van der Waals surface area contributed by atoms with Crippen LogP contribution >= 0.6 is 0 Å². The number of aliphatic hydroxyl groups is 1. The summed E-state index contributed by atoms with van der Waals surface area (Å²) in [5, 5.41) is 15.3. The largest absolute Gasteiger partial charge is 0.394 e. The van der Waals surface area contributed by atoms with Gasteiger partial charge in [0.2, 0.25) is 0 Å². The number of piperidine rings is 1. The molecular formula is C17H33N3O2. The molecule has 5 heteroatoms. The van der Waals surface area contributed by atoms with Gasteiger partial charge in [0, 0.05) is 25.7 Å². The fraction of sp³-hybridized carbons (Fsp3) is 0.824. The van der Waals surface area contributed by atoms with E-state index in [0.717, 1.165) is 38.9 Å². The van der Waals surface area contributed by atoms with E-state index in [4.69, 9.17) is 0 Å². The van der Waals surface area contributed by atoms with Crippen LogP contribution in [-0.2, 0) is 0 Å². The Morgan fingerprint density at radius 3 is 2.41 bits per heavy atom. The first-order valence-corrected chi connectivity index (χ1v) is 8.24. The summed E-state index contributed by atoms with van der Waals surface area (Å²) >= 11 is 0. The smallest absolute Gasteiger partial charge is 0.315 e. The molecule has 22 heavy (non-hydrogen) atoms. The van der Waals surface area contributed by atoms with Crippen LogP contribution in [-0.4, -0.2) is 54.4 Å². The highest BCUT2D eigenvalue weighted by Gasteiger charge is 2.23. The van der Waals surface area contributed by atoms with Crippen LogP contribution in [0.4, 0.5) is 4.79 Å². The highest BCUT2D eigenvalue weighted by Crippen LogP contribution is 2.20. The molecule has 0 radical (unpaired) electrons. The molecule has 1 heterocycles. The zero-order valence-corrected chi connectivity index (χ0v) is 14.6. The molecule has 1 aliphatic heterocycles. The van der Waals surface area contributed by atoms with Gasteiger partial charge in [-0.1, -0.05) is 32.9 Å². The summed E-state index contributed by atoms with van der Waals surface area (Å²) in [6, 6.07) is -0.138. The number of likely N-dealkylation sites (tertiary alicyclic amines) is 1. The summed E-state index contributed by atoms with van der Waals surface area (Å²) in [6.45, 7) is 15.2. The fourth-order valence-corrected chi connectivity index (χ4v) is 2.93. The van der Waals surface area contributed by atoms with Crippen LogP contribution in [0, 0.1) is 5.41 Å². The number of carbonyl (C=O) groups excluding carboxylic acids is 1. The Labute approximate surface area is 135 Å². The summed E-state index contributed by atoms with van der Waals surface area (Å²) in [7, 11) is 0. The molecule has 1 fully saturated rings. The van der Waals surface area contributed by atoms with Gasteiger partial charge < -0.3 is 15.7 Å². The van der Waals surface area contributed by atoms with Crippen molar-refractivity contribution in [3.05, 3.63) is 12.2 Å². The van der Waals surface area contributed by atoms with E-state index in [-0.39, 0.29) is 30.1 Å². The average molecular weight is 311 g/mol. The topological polar surface area (TPSA) is 64.6 Å². The molecule has 5 nitrogen and oxygen atoms in total. The highest BCUT2D eigenvalue weighted by atomic mass is 16.3. The van der Waals surface area contributed by atoms with Crippen LogP contribution in [0.15, 0.2) is 12.2 Å². The number of nitrogens with one attached hydrogen (secondary N) is 2. The van der Waals surface area contributed by atoms with Crippen LogP contribution in [0.1, 0.15) is 47.0 Å². The Hall–Kier alpha value is -1.07. The van der Waals surface area contributed by atoms with Crippen LogP contribution in [0.5, 0.6) is 0 Å². The number of carbonyl (C=O) groups is 1. The van der Waals surface area contributed by atoms with E-state index in [1.807, 2.05) is 6.92 Å². The first-order chi connectivity index (χ1) is 10.2. The van der Waals surface area contributed by atoms with Gasteiger partial charge in [0.15, 0.2) is 0 Å². The standard InChI is InChI=1S/C17H33N3O2/c1-13(2)11-20-8-6-14(7-9-20)18-16(22)19-15(12-21)10-17(3,4)5/h14-15,21H,1,6-12H2,2-5H3,(H2,18,19,22). The third-order valence-corrected chi connectivity index (χ3v) is 3.83. The number of hydrogen-bond donors (Lipinski definition) is 3. The summed E-state index contributed by atoms with van der Waals surface area (Å²) in [4.78, 5) is 14.4. The molecule has 1 aliphatic rings. The first kappa shape index (κ1) is 19.0. The van der Waals surface area contributed by atoms with Gasteiger partial charge in [0.25, 0.3) is 0 Å². The predicted octanol–water partition coefficient (Wildman–Crippen LogP) is 2.12. The van der Waals surface area contributed by atoms with Crippen molar-refractivity contribution in [2.75, 3.05) is 26.2 Å². The minimum Gasteiger partial charge on any atom is -0.394 e. The summed E-state index contributed by atoms with van der Waals surface area (Å²) in [5.41, 5.74) is 1.26. The SMILES string of the molecule is C=C(C)CN1CCC(NC(=O)NC(CO)CC(C)(C)C)CC1. The average Bonchev–Trinajstić information content (AvgIpc) is 2.38. The van der Waals surface area contributed by atoms with Crippen molar-refractivity contribution >= 4 is 6.03 Å². The second-order valence-electron chi connectivity index (χ2n) is 7.77. The maximum Gasteiger partial charge on any atom is 0.315 e. The minimum atomic E-state index is -0.191. The lowest BCUT2D eigenvalue weighted by atomic mass is 9.88. The van der Waals surface area contributed by atoms with Crippen molar-refractivity contribution in [3.63, 3.8) is 0 Å². The lowest BCUT2D eigenvalue weighted by molar-refractivity contribution is 0.180. The Morgan fingerprint density at radius 2 is 1.95 bits per heavy atom. The predicted molar refractivity (Wildman–Crippen MR) is 90.9 cm³/mol. The zero-order valence-electron chi connectivity index (χ0n) is 14.6. The minimum absolute atomic E-state index is 0.0260. The quantitative estimate of drug-likeness (QED) is 0.658. The van der Waals surface area contributed by atoms with Gasteiger partial charge in [0.05, 0.1) is 12.6 Å². The van der Waals surface area contributed by atoms with Gasteiger partial charge >= 0.3 is 6.03 Å². The van der Waals surface area contributed by atoms with Crippen molar-refractivity contribution in [1.82, 2.24) is 15.5 Å². The van der Waals surface area contributed by atoms with E-state index in [2.05, 4.69) is 42.9 Å². The normalized spacial score (nSPS) is 18.8. The van der Waals surface area contributed by atoms with Crippen molar-refractivity contribution in [1.29, 1.82) is 0 Å². The molecule has 0 aromatic heterocycles. The monoisotopic (exact) mass is 311 g/mol. The van der Waals surface area contributed by atoms with Crippen LogP contribution in [0.3, 0.4) is 0 Å². The van der Waals surface area contributed by atoms with E-state index in [0.29, 0.717) is 0 Å². The number of hydrogen-bond acceptors (Lipinski definition) is 3. The number of amides is 2. The van der Waals surface area contributed by atoms with Gasteiger partial charge in [-0.25, -0.2) is 4.79 Å². The van der Waals surface area contributed by atoms with E-state index in [1.165, 1.54) is 5.57 Å². The summed E-state index contributed by atoms with van der Waals surface area (Å²) < 4.78 is 0. The van der Waals surface area contributed by atoms with Gasteiger partial charge in [-0.05, 0) is 31.6 Å². The van der Waals surface area contributed by atoms with E-state index in [1.54, 1.807) is 0 Å². The van der Waals surface area contributed by atoms with E-state index < -0.39 is 0 Å². The Kier molecular flexibility index (Phi) is 7.36. The molecule has 3 N–H and O–H groups in total. The molecule has 1 rings (SSSR count). The maximum atomic E-state index is 12.1. The number of nitrogens with zero attached hydrogens (tertiary/aromatic N) is 1. The molecule has 0 saturated carbocycles. The lowest BCUT2D eigenvalue weighted by Gasteiger charge is -2.33.